The zero-order chi connectivity index (χ0) is 20.1. The molecular formula is C21H24N6O2. The summed E-state index contributed by atoms with van der Waals surface area (Å²) in [6.07, 6.45) is 5.07. The number of carbonyl (C=O) groups is 1. The lowest BCUT2D eigenvalue weighted by molar-refractivity contribution is -0.118. The lowest BCUT2D eigenvalue weighted by Gasteiger charge is -2.30. The van der Waals surface area contributed by atoms with Gasteiger partial charge in [-0.05, 0) is 66.4 Å². The third-order valence-electron chi connectivity index (χ3n) is 5.02. The molecule has 1 N–H and O–H groups in total. The third kappa shape index (κ3) is 4.53. The van der Waals surface area contributed by atoms with E-state index < -0.39 is 0 Å². The molecule has 1 aliphatic heterocycles. The number of aryl methyl sites for hydroxylation is 1. The number of carbonyl (C=O) groups excluding carboxylic acids is 1. The number of anilines is 2. The topological polar surface area (TPSA) is 85.2 Å². The van der Waals surface area contributed by atoms with Gasteiger partial charge in [-0.3, -0.25) is 4.79 Å². The summed E-state index contributed by atoms with van der Waals surface area (Å²) in [7, 11) is 0. The van der Waals surface area contributed by atoms with Gasteiger partial charge in [-0.1, -0.05) is 18.2 Å². The molecule has 0 spiro atoms. The molecule has 0 unspecified atom stereocenters. The minimum absolute atomic E-state index is 0.0561. The third-order valence-corrected chi connectivity index (χ3v) is 5.02. The lowest BCUT2D eigenvalue weighted by Crippen LogP contribution is -2.31. The van der Waals surface area contributed by atoms with Crippen molar-refractivity contribution in [1.29, 1.82) is 0 Å². The monoisotopic (exact) mass is 392 g/mol. The Morgan fingerprint density at radius 3 is 2.72 bits per heavy atom. The van der Waals surface area contributed by atoms with Gasteiger partial charge in [0, 0.05) is 13.1 Å². The number of tetrazole rings is 1. The molecule has 8 heteroatoms. The molecule has 150 valence electrons. The summed E-state index contributed by atoms with van der Waals surface area (Å²) in [5.74, 6) is 0.502. The molecule has 0 radical (unpaired) electrons. The van der Waals surface area contributed by atoms with Crippen molar-refractivity contribution < 1.29 is 9.53 Å². The number of aromatic nitrogens is 4. The Balaban J connectivity index is 1.53. The van der Waals surface area contributed by atoms with Gasteiger partial charge < -0.3 is 15.0 Å². The quantitative estimate of drug-likeness (QED) is 0.694. The molecule has 1 aliphatic rings. The van der Waals surface area contributed by atoms with Gasteiger partial charge in [-0.25, -0.2) is 4.68 Å². The first-order valence-electron chi connectivity index (χ1n) is 9.81. The van der Waals surface area contributed by atoms with Crippen LogP contribution in [0.25, 0.3) is 5.69 Å². The largest absolute Gasteiger partial charge is 0.483 e. The molecular weight excluding hydrogens is 368 g/mol. The van der Waals surface area contributed by atoms with E-state index in [2.05, 4.69) is 25.7 Å². The molecule has 2 heterocycles. The molecule has 29 heavy (non-hydrogen) atoms. The van der Waals surface area contributed by atoms with Crippen LogP contribution in [0.4, 0.5) is 11.4 Å². The molecule has 2 aromatic carbocycles. The SMILES string of the molecule is Cc1ccccc1OCC(=O)Nc1cc(-n2cnnn2)ccc1N1CCCCC1. The predicted molar refractivity (Wildman–Crippen MR) is 111 cm³/mol. The van der Waals surface area contributed by atoms with Gasteiger partial charge in [-0.2, -0.15) is 0 Å². The van der Waals surface area contributed by atoms with Crippen molar-refractivity contribution in [2.24, 2.45) is 0 Å². The molecule has 0 bridgehead atoms. The Morgan fingerprint density at radius 1 is 1.14 bits per heavy atom. The number of benzene rings is 2. The minimum atomic E-state index is -0.208. The Bertz CT molecular complexity index is 967. The van der Waals surface area contributed by atoms with Crippen molar-refractivity contribution in [3.63, 3.8) is 0 Å². The Hall–Kier alpha value is -3.42. The van der Waals surface area contributed by atoms with Crippen LogP contribution in [-0.4, -0.2) is 45.8 Å². The van der Waals surface area contributed by atoms with Crippen LogP contribution in [0.15, 0.2) is 48.8 Å². The van der Waals surface area contributed by atoms with Crippen LogP contribution in [0.2, 0.25) is 0 Å². The van der Waals surface area contributed by atoms with Crippen molar-refractivity contribution in [2.45, 2.75) is 26.2 Å². The van der Waals surface area contributed by atoms with Crippen LogP contribution >= 0.6 is 0 Å². The zero-order valence-corrected chi connectivity index (χ0v) is 16.4. The smallest absolute Gasteiger partial charge is 0.262 e. The maximum atomic E-state index is 12.6. The highest BCUT2D eigenvalue weighted by atomic mass is 16.5. The molecule has 1 amide bonds. The van der Waals surface area contributed by atoms with E-state index in [-0.39, 0.29) is 12.5 Å². The summed E-state index contributed by atoms with van der Waals surface area (Å²) in [6.45, 7) is 3.86. The fourth-order valence-corrected chi connectivity index (χ4v) is 3.50. The van der Waals surface area contributed by atoms with Crippen LogP contribution in [-0.2, 0) is 4.79 Å². The van der Waals surface area contributed by atoms with Gasteiger partial charge >= 0.3 is 0 Å². The maximum Gasteiger partial charge on any atom is 0.262 e. The van der Waals surface area contributed by atoms with Crippen LogP contribution < -0.4 is 15.0 Å². The second-order valence-corrected chi connectivity index (χ2v) is 7.11. The fourth-order valence-electron chi connectivity index (χ4n) is 3.50. The number of amides is 1. The number of nitrogens with one attached hydrogen (secondary N) is 1. The van der Waals surface area contributed by atoms with Gasteiger partial charge in [0.1, 0.15) is 12.1 Å². The summed E-state index contributed by atoms with van der Waals surface area (Å²) in [6, 6.07) is 13.5. The predicted octanol–water partition coefficient (Wildman–Crippen LogP) is 2.98. The fraction of sp³-hybridized carbons (Fsp3) is 0.333. The van der Waals surface area contributed by atoms with E-state index in [1.807, 2.05) is 49.4 Å². The van der Waals surface area contributed by atoms with Crippen molar-refractivity contribution in [3.8, 4) is 11.4 Å². The first-order chi connectivity index (χ1) is 14.2. The average Bonchev–Trinajstić information content (AvgIpc) is 3.29. The minimum Gasteiger partial charge on any atom is -0.483 e. The second kappa shape index (κ2) is 8.72. The lowest BCUT2D eigenvalue weighted by atomic mass is 10.1. The summed E-state index contributed by atoms with van der Waals surface area (Å²) in [5, 5.41) is 14.3. The maximum absolute atomic E-state index is 12.6. The normalized spacial score (nSPS) is 13.9. The van der Waals surface area contributed by atoms with E-state index >= 15 is 0 Å². The highest BCUT2D eigenvalue weighted by molar-refractivity contribution is 5.95. The molecule has 8 nitrogen and oxygen atoms in total. The second-order valence-electron chi connectivity index (χ2n) is 7.11. The molecule has 0 aliphatic carbocycles. The van der Waals surface area contributed by atoms with Crippen molar-refractivity contribution >= 4 is 17.3 Å². The van der Waals surface area contributed by atoms with Gasteiger partial charge in [0.15, 0.2) is 6.61 Å². The summed E-state index contributed by atoms with van der Waals surface area (Å²) >= 11 is 0. The average molecular weight is 392 g/mol. The molecule has 1 fully saturated rings. The van der Waals surface area contributed by atoms with Crippen molar-refractivity contribution in [2.75, 3.05) is 29.9 Å². The van der Waals surface area contributed by atoms with E-state index in [9.17, 15) is 4.79 Å². The van der Waals surface area contributed by atoms with Crippen LogP contribution in [0.3, 0.4) is 0 Å². The van der Waals surface area contributed by atoms with Crippen molar-refractivity contribution in [1.82, 2.24) is 20.2 Å². The number of para-hydroxylation sites is 1. The first kappa shape index (κ1) is 18.9. The van der Waals surface area contributed by atoms with Gasteiger partial charge in [0.2, 0.25) is 0 Å². The molecule has 3 aromatic rings. The molecule has 0 atom stereocenters. The van der Waals surface area contributed by atoms with Gasteiger partial charge in [0.25, 0.3) is 5.91 Å². The molecule has 4 rings (SSSR count). The van der Waals surface area contributed by atoms with Gasteiger partial charge in [-0.15, -0.1) is 5.10 Å². The van der Waals surface area contributed by atoms with E-state index in [0.29, 0.717) is 5.75 Å². The number of hydrogen-bond donors (Lipinski definition) is 1. The molecule has 1 saturated heterocycles. The van der Waals surface area contributed by atoms with E-state index in [1.165, 1.54) is 12.7 Å². The van der Waals surface area contributed by atoms with Crippen LogP contribution in [0, 0.1) is 6.92 Å². The van der Waals surface area contributed by atoms with E-state index in [0.717, 1.165) is 48.6 Å². The number of hydrogen-bond acceptors (Lipinski definition) is 6. The standard InChI is InChI=1S/C21H24N6O2/c1-16-7-3-4-8-20(16)29-14-21(28)23-18-13-17(27-15-22-24-25-27)9-10-19(18)26-11-5-2-6-12-26/h3-4,7-10,13,15H,2,5-6,11-12,14H2,1H3,(H,23,28). The Morgan fingerprint density at radius 2 is 1.97 bits per heavy atom. The van der Waals surface area contributed by atoms with E-state index in [1.54, 1.807) is 4.68 Å². The van der Waals surface area contributed by atoms with Crippen molar-refractivity contribution in [3.05, 3.63) is 54.4 Å². The van der Waals surface area contributed by atoms with E-state index in [4.69, 9.17) is 4.74 Å². The number of piperidine rings is 1. The molecule has 1 aromatic heterocycles. The number of ether oxygens (including phenoxy) is 1. The Labute approximate surface area is 169 Å². The summed E-state index contributed by atoms with van der Waals surface area (Å²) < 4.78 is 7.26. The highest BCUT2D eigenvalue weighted by Crippen LogP contribution is 2.30. The first-order valence-corrected chi connectivity index (χ1v) is 9.81. The van der Waals surface area contributed by atoms with Crippen LogP contribution in [0.5, 0.6) is 5.75 Å². The summed E-state index contributed by atoms with van der Waals surface area (Å²) in [5.41, 5.74) is 3.52. The summed E-state index contributed by atoms with van der Waals surface area (Å²) in [4.78, 5) is 14.9. The Kier molecular flexibility index (Phi) is 5.69. The molecule has 0 saturated carbocycles. The number of rotatable bonds is 6. The number of nitrogens with zero attached hydrogens (tertiary/aromatic N) is 5. The highest BCUT2D eigenvalue weighted by Gasteiger charge is 2.17. The zero-order valence-electron chi connectivity index (χ0n) is 16.4. The van der Waals surface area contributed by atoms with Gasteiger partial charge in [0.05, 0.1) is 17.1 Å². The van der Waals surface area contributed by atoms with Crippen LogP contribution in [0.1, 0.15) is 24.8 Å².